The van der Waals surface area contributed by atoms with Crippen LogP contribution in [0.1, 0.15) is 25.3 Å². The molecule has 20 heavy (non-hydrogen) atoms. The van der Waals surface area contributed by atoms with Crippen LogP contribution >= 0.6 is 39.9 Å². The smallest absolute Gasteiger partial charge is 0.194 e. The molecule has 0 saturated carbocycles. The fraction of sp³-hybridized carbons (Fsp3) is 0.500. The first-order valence-corrected chi connectivity index (χ1v) is 7.47. The average Bonchev–Trinajstić information content (AvgIpc) is 2.92. The van der Waals surface area contributed by atoms with E-state index in [9.17, 15) is 4.39 Å². The molecule has 1 heterocycles. The second kappa shape index (κ2) is 8.81. The van der Waals surface area contributed by atoms with Crippen molar-refractivity contribution in [2.45, 2.75) is 26.3 Å². The van der Waals surface area contributed by atoms with E-state index in [4.69, 9.17) is 0 Å². The van der Waals surface area contributed by atoms with Gasteiger partial charge in [-0.3, -0.25) is 0 Å². The van der Waals surface area contributed by atoms with Gasteiger partial charge in [0.1, 0.15) is 5.82 Å². The second-order valence-corrected chi connectivity index (χ2v) is 5.52. The second-order valence-electron chi connectivity index (χ2n) is 4.60. The summed E-state index contributed by atoms with van der Waals surface area (Å²) in [4.78, 5) is 6.77. The minimum atomic E-state index is -0.204. The number of benzene rings is 1. The largest absolute Gasteiger partial charge is 0.357 e. The number of nitrogens with one attached hydrogen (secondary N) is 1. The van der Waals surface area contributed by atoms with Crippen LogP contribution in [0.2, 0.25) is 0 Å². The summed E-state index contributed by atoms with van der Waals surface area (Å²) in [6, 6.07) is 4.96. The summed E-state index contributed by atoms with van der Waals surface area (Å²) in [5, 5.41) is 3.27. The summed E-state index contributed by atoms with van der Waals surface area (Å²) >= 11 is 3.36. The van der Waals surface area contributed by atoms with E-state index in [1.54, 1.807) is 12.1 Å². The Kier molecular flexibility index (Phi) is 7.79. The first-order valence-electron chi connectivity index (χ1n) is 6.68. The molecule has 1 saturated heterocycles. The summed E-state index contributed by atoms with van der Waals surface area (Å²) in [7, 11) is 0. The molecule has 2 rings (SSSR count). The van der Waals surface area contributed by atoms with Crippen LogP contribution in [0.3, 0.4) is 0 Å². The lowest BCUT2D eigenvalue weighted by atomic mass is 10.2. The SMILES string of the molecule is CCNC(=NCc1cc(Br)ccc1F)N1CCCC1.I. The van der Waals surface area contributed by atoms with Crippen LogP contribution in [0.25, 0.3) is 0 Å². The molecule has 1 aromatic carbocycles. The monoisotopic (exact) mass is 455 g/mol. The molecule has 0 aliphatic carbocycles. The lowest BCUT2D eigenvalue weighted by Gasteiger charge is -2.20. The molecule has 0 aromatic heterocycles. The normalized spacial score (nSPS) is 15.2. The van der Waals surface area contributed by atoms with Crippen molar-refractivity contribution in [3.05, 3.63) is 34.1 Å². The zero-order valence-electron chi connectivity index (χ0n) is 11.5. The molecule has 0 atom stereocenters. The van der Waals surface area contributed by atoms with E-state index < -0.39 is 0 Å². The maximum atomic E-state index is 13.7. The molecule has 0 spiro atoms. The van der Waals surface area contributed by atoms with E-state index in [-0.39, 0.29) is 29.8 Å². The highest BCUT2D eigenvalue weighted by atomic mass is 127. The van der Waals surface area contributed by atoms with Gasteiger partial charge in [0, 0.05) is 29.7 Å². The molecule has 1 fully saturated rings. The van der Waals surface area contributed by atoms with Crippen LogP contribution in [-0.2, 0) is 6.54 Å². The van der Waals surface area contributed by atoms with Gasteiger partial charge < -0.3 is 10.2 Å². The Hall–Kier alpha value is -0.370. The summed E-state index contributed by atoms with van der Waals surface area (Å²) in [6.45, 7) is 5.31. The van der Waals surface area contributed by atoms with Crippen molar-refractivity contribution in [3.8, 4) is 0 Å². The molecule has 0 bridgehead atoms. The van der Waals surface area contributed by atoms with Gasteiger partial charge in [-0.2, -0.15) is 0 Å². The molecule has 3 nitrogen and oxygen atoms in total. The Morgan fingerprint density at radius 2 is 2.10 bits per heavy atom. The number of hydrogen-bond donors (Lipinski definition) is 1. The van der Waals surface area contributed by atoms with Crippen molar-refractivity contribution in [1.82, 2.24) is 10.2 Å². The molecule has 112 valence electrons. The van der Waals surface area contributed by atoms with E-state index in [1.165, 1.54) is 18.9 Å². The molecular formula is C14H20BrFIN3. The van der Waals surface area contributed by atoms with E-state index in [0.29, 0.717) is 12.1 Å². The molecule has 1 N–H and O–H groups in total. The van der Waals surface area contributed by atoms with Gasteiger partial charge in [0.05, 0.1) is 6.54 Å². The molecule has 0 amide bonds. The lowest BCUT2D eigenvalue weighted by molar-refractivity contribution is 0.493. The predicted octanol–water partition coefficient (Wildman–Crippen LogP) is 3.77. The molecule has 1 aliphatic heterocycles. The van der Waals surface area contributed by atoms with Crippen LogP contribution in [-0.4, -0.2) is 30.5 Å². The zero-order valence-corrected chi connectivity index (χ0v) is 15.4. The van der Waals surface area contributed by atoms with E-state index in [2.05, 4.69) is 31.1 Å². The van der Waals surface area contributed by atoms with Gasteiger partial charge in [0.2, 0.25) is 0 Å². The summed E-state index contributed by atoms with van der Waals surface area (Å²) in [5.74, 6) is 0.684. The van der Waals surface area contributed by atoms with Crippen molar-refractivity contribution in [2.75, 3.05) is 19.6 Å². The lowest BCUT2D eigenvalue weighted by Crippen LogP contribution is -2.39. The van der Waals surface area contributed by atoms with Crippen molar-refractivity contribution in [3.63, 3.8) is 0 Å². The van der Waals surface area contributed by atoms with E-state index in [0.717, 1.165) is 30.1 Å². The predicted molar refractivity (Wildman–Crippen MR) is 95.1 cm³/mol. The molecule has 1 aliphatic rings. The van der Waals surface area contributed by atoms with Crippen molar-refractivity contribution < 1.29 is 4.39 Å². The molecule has 1 aromatic rings. The molecule has 0 radical (unpaired) electrons. The first-order chi connectivity index (χ1) is 9.20. The number of rotatable bonds is 3. The van der Waals surface area contributed by atoms with Gasteiger partial charge in [-0.05, 0) is 38.0 Å². The quantitative estimate of drug-likeness (QED) is 0.426. The fourth-order valence-corrected chi connectivity index (χ4v) is 2.59. The highest BCUT2D eigenvalue weighted by Crippen LogP contribution is 2.16. The van der Waals surface area contributed by atoms with Crippen LogP contribution in [0.5, 0.6) is 0 Å². The Labute approximate surface area is 145 Å². The number of likely N-dealkylation sites (tertiary alicyclic amines) is 1. The molecule has 0 unspecified atom stereocenters. The van der Waals surface area contributed by atoms with Crippen LogP contribution < -0.4 is 5.32 Å². The van der Waals surface area contributed by atoms with E-state index in [1.807, 2.05) is 6.92 Å². The Bertz CT molecular complexity index is 462. The van der Waals surface area contributed by atoms with E-state index >= 15 is 0 Å². The fourth-order valence-electron chi connectivity index (χ4n) is 2.18. The third-order valence-electron chi connectivity index (χ3n) is 3.15. The minimum absolute atomic E-state index is 0. The van der Waals surface area contributed by atoms with Gasteiger partial charge in [-0.15, -0.1) is 24.0 Å². The third kappa shape index (κ3) is 4.87. The van der Waals surface area contributed by atoms with Gasteiger partial charge in [0.15, 0.2) is 5.96 Å². The van der Waals surface area contributed by atoms with Gasteiger partial charge in [-0.25, -0.2) is 9.38 Å². The number of aliphatic imine (C=N–C) groups is 1. The third-order valence-corrected chi connectivity index (χ3v) is 3.64. The maximum absolute atomic E-state index is 13.7. The topological polar surface area (TPSA) is 27.6 Å². The Morgan fingerprint density at radius 1 is 1.40 bits per heavy atom. The Morgan fingerprint density at radius 3 is 2.75 bits per heavy atom. The molecular weight excluding hydrogens is 436 g/mol. The van der Waals surface area contributed by atoms with Crippen LogP contribution in [0.4, 0.5) is 4.39 Å². The number of halogens is 3. The first kappa shape index (κ1) is 17.7. The van der Waals surface area contributed by atoms with Crippen molar-refractivity contribution in [2.24, 2.45) is 4.99 Å². The highest BCUT2D eigenvalue weighted by Gasteiger charge is 2.15. The standard InChI is InChI=1S/C14H19BrFN3.HI/c1-2-17-14(19-7-3-4-8-19)18-10-11-9-12(15)5-6-13(11)16;/h5-6,9H,2-4,7-8,10H2,1H3,(H,17,18);1H. The summed E-state index contributed by atoms with van der Waals surface area (Å²) in [6.07, 6.45) is 2.41. The highest BCUT2D eigenvalue weighted by molar-refractivity contribution is 14.0. The number of nitrogens with zero attached hydrogens (tertiary/aromatic N) is 2. The van der Waals surface area contributed by atoms with Gasteiger partial charge in [0.25, 0.3) is 0 Å². The average molecular weight is 456 g/mol. The molecule has 6 heteroatoms. The van der Waals surface area contributed by atoms with Crippen LogP contribution in [0.15, 0.2) is 27.7 Å². The Balaban J connectivity index is 0.00000200. The minimum Gasteiger partial charge on any atom is -0.357 e. The number of guanidine groups is 1. The zero-order chi connectivity index (χ0) is 13.7. The van der Waals surface area contributed by atoms with Gasteiger partial charge >= 0.3 is 0 Å². The van der Waals surface area contributed by atoms with Gasteiger partial charge in [-0.1, -0.05) is 15.9 Å². The number of hydrogen-bond acceptors (Lipinski definition) is 1. The summed E-state index contributed by atoms with van der Waals surface area (Å²) < 4.78 is 14.5. The van der Waals surface area contributed by atoms with Crippen LogP contribution in [0, 0.1) is 5.82 Å². The summed E-state index contributed by atoms with van der Waals surface area (Å²) in [5.41, 5.74) is 0.615. The maximum Gasteiger partial charge on any atom is 0.194 e. The van der Waals surface area contributed by atoms with Crippen molar-refractivity contribution in [1.29, 1.82) is 0 Å². The van der Waals surface area contributed by atoms with Crippen molar-refractivity contribution >= 4 is 45.9 Å².